The predicted molar refractivity (Wildman–Crippen MR) is 150 cm³/mol. The van der Waals surface area contributed by atoms with Gasteiger partial charge in [0.2, 0.25) is 5.91 Å². The Morgan fingerprint density at radius 2 is 1.73 bits per heavy atom. The van der Waals surface area contributed by atoms with Crippen molar-refractivity contribution in [1.29, 1.82) is 0 Å². The van der Waals surface area contributed by atoms with Crippen molar-refractivity contribution in [3.8, 4) is 17.1 Å². The van der Waals surface area contributed by atoms with Crippen LogP contribution in [0.4, 0.5) is 11.4 Å². The van der Waals surface area contributed by atoms with E-state index in [4.69, 9.17) is 9.72 Å². The van der Waals surface area contributed by atoms with Gasteiger partial charge >= 0.3 is 0 Å². The summed E-state index contributed by atoms with van der Waals surface area (Å²) in [7, 11) is 0. The van der Waals surface area contributed by atoms with E-state index in [0.29, 0.717) is 13.0 Å². The van der Waals surface area contributed by atoms with Gasteiger partial charge in [-0.25, -0.2) is 4.98 Å². The van der Waals surface area contributed by atoms with E-state index in [0.717, 1.165) is 73.0 Å². The van der Waals surface area contributed by atoms with Crippen LogP contribution in [0.3, 0.4) is 0 Å². The summed E-state index contributed by atoms with van der Waals surface area (Å²) in [5.74, 6) is 1.75. The molecule has 37 heavy (non-hydrogen) atoms. The van der Waals surface area contributed by atoms with Crippen molar-refractivity contribution < 1.29 is 9.53 Å². The van der Waals surface area contributed by atoms with Crippen molar-refractivity contribution in [2.24, 2.45) is 0 Å². The number of para-hydroxylation sites is 1. The highest BCUT2D eigenvalue weighted by Gasteiger charge is 2.20. The number of H-pyrrole nitrogens is 1. The van der Waals surface area contributed by atoms with Crippen LogP contribution in [0.1, 0.15) is 25.8 Å². The minimum absolute atomic E-state index is 0.0125. The lowest BCUT2D eigenvalue weighted by Gasteiger charge is -2.36. The van der Waals surface area contributed by atoms with E-state index >= 15 is 0 Å². The molecule has 0 radical (unpaired) electrons. The van der Waals surface area contributed by atoms with Crippen molar-refractivity contribution in [2.45, 2.75) is 26.7 Å². The molecule has 0 atom stereocenters. The molecule has 0 aliphatic carbocycles. The fraction of sp³-hybridized carbons (Fsp3) is 0.333. The number of nitrogens with one attached hydrogen (secondary N) is 2. The maximum Gasteiger partial charge on any atom is 0.224 e. The molecule has 1 saturated heterocycles. The number of benzene rings is 3. The lowest BCUT2D eigenvalue weighted by Crippen LogP contribution is -2.47. The number of fused-ring (bicyclic) bond motifs is 1. The standard InChI is InChI=1S/C30H35N5O2/c1-3-22-8-10-23(11-9-22)30-32-26-6-5-7-27(29(26)33-30)35-18-16-34(17-19-35)20-21-37-25-14-12-24(13-15-25)31-28(36)4-2/h5-15H,3-4,16-21H2,1-2H3,(H,31,36)(H,32,33). The van der Waals surface area contributed by atoms with Crippen molar-refractivity contribution >= 4 is 28.3 Å². The van der Waals surface area contributed by atoms with Gasteiger partial charge in [-0.2, -0.15) is 0 Å². The second-order valence-electron chi connectivity index (χ2n) is 9.41. The molecule has 1 fully saturated rings. The largest absolute Gasteiger partial charge is 0.492 e. The van der Waals surface area contributed by atoms with Crippen LogP contribution in [0.5, 0.6) is 5.75 Å². The number of aryl methyl sites for hydroxylation is 1. The highest BCUT2D eigenvalue weighted by Crippen LogP contribution is 2.29. The van der Waals surface area contributed by atoms with Gasteiger partial charge in [0.15, 0.2) is 0 Å². The number of carbonyl (C=O) groups excluding carboxylic acids is 1. The number of ether oxygens (including phenoxy) is 1. The summed E-state index contributed by atoms with van der Waals surface area (Å²) in [6.07, 6.45) is 1.51. The van der Waals surface area contributed by atoms with E-state index in [9.17, 15) is 4.79 Å². The molecule has 192 valence electrons. The van der Waals surface area contributed by atoms with Gasteiger partial charge in [0.25, 0.3) is 0 Å². The van der Waals surface area contributed by atoms with Gasteiger partial charge in [0.05, 0.1) is 11.2 Å². The smallest absolute Gasteiger partial charge is 0.224 e. The highest BCUT2D eigenvalue weighted by atomic mass is 16.5. The third-order valence-electron chi connectivity index (χ3n) is 6.98. The summed E-state index contributed by atoms with van der Waals surface area (Å²) in [6, 6.07) is 22.6. The highest BCUT2D eigenvalue weighted by molar-refractivity contribution is 5.91. The predicted octanol–water partition coefficient (Wildman–Crippen LogP) is 5.34. The van der Waals surface area contributed by atoms with Crippen LogP contribution in [-0.4, -0.2) is 60.1 Å². The summed E-state index contributed by atoms with van der Waals surface area (Å²) in [5, 5.41) is 2.86. The number of carbonyl (C=O) groups is 1. The molecule has 1 aromatic heterocycles. The molecular weight excluding hydrogens is 462 g/mol. The Balaban J connectivity index is 1.15. The number of aromatic nitrogens is 2. The molecule has 1 aliphatic rings. The number of hydrogen-bond donors (Lipinski definition) is 2. The molecular formula is C30H35N5O2. The van der Waals surface area contributed by atoms with E-state index in [2.05, 4.69) is 69.5 Å². The van der Waals surface area contributed by atoms with E-state index in [-0.39, 0.29) is 5.91 Å². The summed E-state index contributed by atoms with van der Waals surface area (Å²) in [5.41, 5.74) is 6.54. The first-order valence-electron chi connectivity index (χ1n) is 13.2. The molecule has 0 spiro atoms. The van der Waals surface area contributed by atoms with Gasteiger partial charge in [0, 0.05) is 50.4 Å². The first kappa shape index (κ1) is 24.8. The number of aromatic amines is 1. The van der Waals surface area contributed by atoms with Crippen molar-refractivity contribution in [3.05, 3.63) is 72.3 Å². The molecule has 2 heterocycles. The third kappa shape index (κ3) is 5.94. The lowest BCUT2D eigenvalue weighted by molar-refractivity contribution is -0.115. The number of anilines is 2. The minimum atomic E-state index is 0.0125. The first-order chi connectivity index (χ1) is 18.1. The van der Waals surface area contributed by atoms with E-state index < -0.39 is 0 Å². The van der Waals surface area contributed by atoms with Crippen LogP contribution in [-0.2, 0) is 11.2 Å². The lowest BCUT2D eigenvalue weighted by atomic mass is 10.1. The van der Waals surface area contributed by atoms with Gasteiger partial charge in [-0.3, -0.25) is 9.69 Å². The van der Waals surface area contributed by atoms with Crippen LogP contribution in [0.25, 0.3) is 22.4 Å². The monoisotopic (exact) mass is 497 g/mol. The van der Waals surface area contributed by atoms with Crippen molar-refractivity contribution in [3.63, 3.8) is 0 Å². The SMILES string of the molecule is CCC(=O)Nc1ccc(OCCN2CCN(c3cccc4[nH]c(-c5ccc(CC)cc5)nc34)CC2)cc1. The van der Waals surface area contributed by atoms with E-state index in [1.165, 1.54) is 11.3 Å². The Hall–Kier alpha value is -3.84. The summed E-state index contributed by atoms with van der Waals surface area (Å²) < 4.78 is 5.94. The Morgan fingerprint density at radius 1 is 0.973 bits per heavy atom. The number of nitrogens with zero attached hydrogens (tertiary/aromatic N) is 3. The van der Waals surface area contributed by atoms with Crippen LogP contribution in [0.15, 0.2) is 66.7 Å². The number of piperazine rings is 1. The van der Waals surface area contributed by atoms with Crippen LogP contribution < -0.4 is 15.0 Å². The van der Waals surface area contributed by atoms with Crippen LogP contribution >= 0.6 is 0 Å². The van der Waals surface area contributed by atoms with Gasteiger partial charge in [0.1, 0.15) is 23.7 Å². The van der Waals surface area contributed by atoms with Crippen molar-refractivity contribution in [1.82, 2.24) is 14.9 Å². The zero-order valence-electron chi connectivity index (χ0n) is 21.7. The number of amides is 1. The molecule has 1 aliphatic heterocycles. The molecule has 0 bridgehead atoms. The third-order valence-corrected chi connectivity index (χ3v) is 6.98. The maximum absolute atomic E-state index is 11.5. The number of imidazole rings is 1. The summed E-state index contributed by atoms with van der Waals surface area (Å²) in [6.45, 7) is 9.41. The zero-order valence-corrected chi connectivity index (χ0v) is 21.7. The van der Waals surface area contributed by atoms with Crippen LogP contribution in [0, 0.1) is 0 Å². The molecule has 5 rings (SSSR count). The molecule has 1 amide bonds. The molecule has 0 saturated carbocycles. The quantitative estimate of drug-likeness (QED) is 0.327. The molecule has 7 heteroatoms. The second kappa shape index (κ2) is 11.5. The summed E-state index contributed by atoms with van der Waals surface area (Å²) in [4.78, 5) is 24.9. The number of rotatable bonds is 9. The normalized spacial score (nSPS) is 14.2. The van der Waals surface area contributed by atoms with Gasteiger partial charge in [-0.05, 0) is 48.4 Å². The number of hydrogen-bond acceptors (Lipinski definition) is 5. The topological polar surface area (TPSA) is 73.5 Å². The molecule has 7 nitrogen and oxygen atoms in total. The van der Waals surface area contributed by atoms with Gasteiger partial charge in [-0.1, -0.05) is 44.2 Å². The van der Waals surface area contributed by atoms with Gasteiger partial charge in [-0.15, -0.1) is 0 Å². The Morgan fingerprint density at radius 3 is 2.43 bits per heavy atom. The molecule has 4 aromatic rings. The molecule has 2 N–H and O–H groups in total. The fourth-order valence-corrected chi connectivity index (χ4v) is 4.70. The Labute approximate surface area is 218 Å². The minimum Gasteiger partial charge on any atom is -0.492 e. The molecule has 0 unspecified atom stereocenters. The van der Waals surface area contributed by atoms with E-state index in [1.807, 2.05) is 31.2 Å². The Bertz CT molecular complexity index is 1320. The first-order valence-corrected chi connectivity index (χ1v) is 13.2. The molecule has 3 aromatic carbocycles. The Kier molecular flexibility index (Phi) is 7.70. The summed E-state index contributed by atoms with van der Waals surface area (Å²) >= 11 is 0. The second-order valence-corrected chi connectivity index (χ2v) is 9.41. The van der Waals surface area contributed by atoms with Crippen LogP contribution in [0.2, 0.25) is 0 Å². The average molecular weight is 498 g/mol. The van der Waals surface area contributed by atoms with Gasteiger partial charge < -0.3 is 19.9 Å². The average Bonchev–Trinajstić information content (AvgIpc) is 3.39. The zero-order chi connectivity index (χ0) is 25.6. The van der Waals surface area contributed by atoms with Crippen molar-refractivity contribution in [2.75, 3.05) is 49.5 Å². The van der Waals surface area contributed by atoms with E-state index in [1.54, 1.807) is 0 Å². The fourth-order valence-electron chi connectivity index (χ4n) is 4.70. The maximum atomic E-state index is 11.5.